The average molecular weight is 287 g/mol. The Morgan fingerprint density at radius 2 is 2.10 bits per heavy atom. The van der Waals surface area contributed by atoms with Crippen molar-refractivity contribution in [3.05, 3.63) is 47.5 Å². The predicted octanol–water partition coefficient (Wildman–Crippen LogP) is 3.37. The molecule has 0 saturated heterocycles. The molecule has 0 spiro atoms. The Labute approximate surface area is 127 Å². The molecule has 2 aromatic heterocycles. The van der Waals surface area contributed by atoms with Gasteiger partial charge in [-0.05, 0) is 30.2 Å². The molecule has 2 heterocycles. The summed E-state index contributed by atoms with van der Waals surface area (Å²) >= 11 is 0. The number of nitrogens with one attached hydrogen (secondary N) is 1. The fourth-order valence-electron chi connectivity index (χ4n) is 2.17. The van der Waals surface area contributed by atoms with Crippen LogP contribution in [0, 0.1) is 0 Å². The second kappa shape index (κ2) is 7.27. The van der Waals surface area contributed by atoms with E-state index in [-0.39, 0.29) is 0 Å². The second-order valence-corrected chi connectivity index (χ2v) is 5.70. The van der Waals surface area contributed by atoms with Crippen LogP contribution in [0.3, 0.4) is 0 Å². The molecule has 0 aliphatic rings. The molecule has 1 N–H and O–H groups in total. The van der Waals surface area contributed by atoms with Crippen molar-refractivity contribution in [1.82, 2.24) is 10.3 Å². The first kappa shape index (κ1) is 15.6. The highest BCUT2D eigenvalue weighted by atomic mass is 16.3. The first-order valence-electron chi connectivity index (χ1n) is 7.54. The van der Waals surface area contributed by atoms with Gasteiger partial charge >= 0.3 is 0 Å². The van der Waals surface area contributed by atoms with Crippen molar-refractivity contribution in [2.24, 2.45) is 0 Å². The van der Waals surface area contributed by atoms with E-state index in [1.165, 1.54) is 5.56 Å². The van der Waals surface area contributed by atoms with Gasteiger partial charge < -0.3 is 14.6 Å². The molecule has 4 nitrogen and oxygen atoms in total. The van der Waals surface area contributed by atoms with E-state index >= 15 is 0 Å². The van der Waals surface area contributed by atoms with Crippen LogP contribution in [-0.2, 0) is 19.5 Å². The number of aromatic nitrogens is 1. The van der Waals surface area contributed by atoms with Crippen molar-refractivity contribution in [2.45, 2.75) is 46.3 Å². The average Bonchev–Trinajstić information content (AvgIpc) is 2.97. The minimum Gasteiger partial charge on any atom is -0.472 e. The number of hydrogen-bond acceptors (Lipinski definition) is 4. The van der Waals surface area contributed by atoms with Crippen molar-refractivity contribution in [3.8, 4) is 0 Å². The fraction of sp³-hybridized carbons (Fsp3) is 0.471. The van der Waals surface area contributed by atoms with E-state index in [1.807, 2.05) is 6.07 Å². The summed E-state index contributed by atoms with van der Waals surface area (Å²) in [5.74, 6) is 1.01. The van der Waals surface area contributed by atoms with Crippen molar-refractivity contribution < 1.29 is 4.42 Å². The van der Waals surface area contributed by atoms with Crippen molar-refractivity contribution in [2.75, 3.05) is 11.9 Å². The topological polar surface area (TPSA) is 41.3 Å². The van der Waals surface area contributed by atoms with Crippen LogP contribution < -0.4 is 10.2 Å². The number of aryl methyl sites for hydroxylation is 1. The number of pyridine rings is 1. The molecular weight excluding hydrogens is 262 g/mol. The van der Waals surface area contributed by atoms with Crippen LogP contribution >= 0.6 is 0 Å². The lowest BCUT2D eigenvalue weighted by Gasteiger charge is -2.19. The lowest BCUT2D eigenvalue weighted by molar-refractivity contribution is 0.563. The second-order valence-electron chi connectivity index (χ2n) is 5.70. The lowest BCUT2D eigenvalue weighted by Crippen LogP contribution is -2.23. The molecule has 4 heteroatoms. The summed E-state index contributed by atoms with van der Waals surface area (Å²) in [6, 6.07) is 6.82. The standard InChI is InChI=1S/C17H25N3O/c1-5-16-8-15(10-18-13(2)3)9-17(19-16)20(4)11-14-6-7-21-12-14/h6-9,12-13,18H,5,10-11H2,1-4H3. The van der Waals surface area contributed by atoms with Gasteiger partial charge in [-0.15, -0.1) is 0 Å². The Hall–Kier alpha value is -1.81. The molecular formula is C17H25N3O. The van der Waals surface area contributed by atoms with Crippen LogP contribution in [-0.4, -0.2) is 18.1 Å². The molecule has 0 bridgehead atoms. The molecule has 21 heavy (non-hydrogen) atoms. The largest absolute Gasteiger partial charge is 0.472 e. The zero-order valence-electron chi connectivity index (χ0n) is 13.4. The first-order chi connectivity index (χ1) is 10.1. The van der Waals surface area contributed by atoms with Gasteiger partial charge in [0.25, 0.3) is 0 Å². The van der Waals surface area contributed by atoms with Gasteiger partial charge in [-0.25, -0.2) is 4.98 Å². The third-order valence-corrected chi connectivity index (χ3v) is 3.39. The zero-order chi connectivity index (χ0) is 15.2. The molecule has 0 fully saturated rings. The van der Waals surface area contributed by atoms with Crippen LogP contribution in [0.1, 0.15) is 37.6 Å². The third kappa shape index (κ3) is 4.60. The monoisotopic (exact) mass is 287 g/mol. The molecule has 0 unspecified atom stereocenters. The summed E-state index contributed by atoms with van der Waals surface area (Å²) in [6.45, 7) is 8.14. The SMILES string of the molecule is CCc1cc(CNC(C)C)cc(N(C)Cc2ccoc2)n1. The maximum atomic E-state index is 5.13. The Morgan fingerprint density at radius 1 is 1.29 bits per heavy atom. The van der Waals surface area contributed by atoms with Crippen molar-refractivity contribution in [3.63, 3.8) is 0 Å². The maximum Gasteiger partial charge on any atom is 0.129 e. The van der Waals surface area contributed by atoms with E-state index in [9.17, 15) is 0 Å². The first-order valence-corrected chi connectivity index (χ1v) is 7.54. The summed E-state index contributed by atoms with van der Waals surface area (Å²) in [5, 5.41) is 3.46. The van der Waals surface area contributed by atoms with Crippen molar-refractivity contribution >= 4 is 5.82 Å². The molecule has 0 amide bonds. The molecule has 0 aromatic carbocycles. The van der Waals surface area contributed by atoms with Crippen LogP contribution in [0.25, 0.3) is 0 Å². The van der Waals surface area contributed by atoms with Gasteiger partial charge in [-0.1, -0.05) is 20.8 Å². The summed E-state index contributed by atoms with van der Waals surface area (Å²) < 4.78 is 5.13. The highest BCUT2D eigenvalue weighted by Crippen LogP contribution is 2.17. The minimum absolute atomic E-state index is 0.482. The number of anilines is 1. The summed E-state index contributed by atoms with van der Waals surface area (Å²) in [6.07, 6.45) is 4.43. The number of furan rings is 1. The van der Waals surface area contributed by atoms with Gasteiger partial charge in [0.1, 0.15) is 5.82 Å². The zero-order valence-corrected chi connectivity index (χ0v) is 13.4. The Morgan fingerprint density at radius 3 is 2.71 bits per heavy atom. The molecule has 0 aliphatic carbocycles. The number of nitrogens with zero attached hydrogens (tertiary/aromatic N) is 2. The molecule has 0 saturated carbocycles. The van der Waals surface area contributed by atoms with Gasteiger partial charge in [0.2, 0.25) is 0 Å². The fourth-order valence-corrected chi connectivity index (χ4v) is 2.17. The van der Waals surface area contributed by atoms with Crippen LogP contribution in [0.4, 0.5) is 5.82 Å². The molecule has 0 atom stereocenters. The van der Waals surface area contributed by atoms with Crippen LogP contribution in [0.5, 0.6) is 0 Å². The van der Waals surface area contributed by atoms with Gasteiger partial charge in [0, 0.05) is 37.4 Å². The molecule has 2 aromatic rings. The van der Waals surface area contributed by atoms with Gasteiger partial charge in [0.05, 0.1) is 12.5 Å². The van der Waals surface area contributed by atoms with E-state index < -0.39 is 0 Å². The Bertz CT molecular complexity index is 549. The molecule has 2 rings (SSSR count). The normalized spacial score (nSPS) is 11.1. The minimum atomic E-state index is 0.482. The van der Waals surface area contributed by atoms with Crippen molar-refractivity contribution in [1.29, 1.82) is 0 Å². The quantitative estimate of drug-likeness (QED) is 0.847. The third-order valence-electron chi connectivity index (χ3n) is 3.39. The summed E-state index contributed by atoms with van der Waals surface area (Å²) in [5.41, 5.74) is 3.57. The smallest absolute Gasteiger partial charge is 0.129 e. The number of hydrogen-bond donors (Lipinski definition) is 1. The van der Waals surface area contributed by atoms with Crippen LogP contribution in [0.15, 0.2) is 35.1 Å². The molecule has 0 radical (unpaired) electrons. The Balaban J connectivity index is 2.15. The molecule has 114 valence electrons. The van der Waals surface area contributed by atoms with E-state index in [4.69, 9.17) is 9.40 Å². The van der Waals surface area contributed by atoms with E-state index in [0.717, 1.165) is 36.6 Å². The van der Waals surface area contributed by atoms with E-state index in [2.05, 4.69) is 50.2 Å². The highest BCUT2D eigenvalue weighted by molar-refractivity contribution is 5.42. The lowest BCUT2D eigenvalue weighted by atomic mass is 10.1. The van der Waals surface area contributed by atoms with E-state index in [1.54, 1.807) is 12.5 Å². The predicted molar refractivity (Wildman–Crippen MR) is 86.4 cm³/mol. The summed E-state index contributed by atoms with van der Waals surface area (Å²) in [4.78, 5) is 6.88. The number of rotatable bonds is 7. The maximum absolute atomic E-state index is 5.13. The highest BCUT2D eigenvalue weighted by Gasteiger charge is 2.08. The van der Waals surface area contributed by atoms with E-state index in [0.29, 0.717) is 6.04 Å². The van der Waals surface area contributed by atoms with Gasteiger partial charge in [-0.3, -0.25) is 0 Å². The Kier molecular flexibility index (Phi) is 5.39. The van der Waals surface area contributed by atoms with Gasteiger partial charge in [0.15, 0.2) is 0 Å². The molecule has 0 aliphatic heterocycles. The summed E-state index contributed by atoms with van der Waals surface area (Å²) in [7, 11) is 2.06. The van der Waals surface area contributed by atoms with Crippen LogP contribution in [0.2, 0.25) is 0 Å². The van der Waals surface area contributed by atoms with Gasteiger partial charge in [-0.2, -0.15) is 0 Å².